The highest BCUT2D eigenvalue weighted by Crippen LogP contribution is 2.44. The fourth-order valence-corrected chi connectivity index (χ4v) is 3.82. The van der Waals surface area contributed by atoms with E-state index >= 15 is 0 Å². The molecule has 2 aromatic carbocycles. The zero-order valence-corrected chi connectivity index (χ0v) is 18.0. The number of halogens is 1. The molecule has 6 heteroatoms. The summed E-state index contributed by atoms with van der Waals surface area (Å²) in [5, 5.41) is 22.3. The minimum Gasteiger partial charge on any atom is -0.461 e. The molecular formula is C24H29FN2O3. The maximum Gasteiger partial charge on any atom is 0.306 e. The number of benzene rings is 2. The summed E-state index contributed by atoms with van der Waals surface area (Å²) in [4.78, 5) is 13.4. The van der Waals surface area contributed by atoms with Crippen LogP contribution in [0.3, 0.4) is 0 Å². The van der Waals surface area contributed by atoms with E-state index in [9.17, 15) is 19.6 Å². The average molecular weight is 413 g/mol. The van der Waals surface area contributed by atoms with Crippen LogP contribution >= 0.6 is 0 Å². The van der Waals surface area contributed by atoms with Crippen molar-refractivity contribution in [2.75, 3.05) is 14.1 Å². The second kappa shape index (κ2) is 9.84. The fourth-order valence-electron chi connectivity index (χ4n) is 3.82. The summed E-state index contributed by atoms with van der Waals surface area (Å²) in [6.07, 6.45) is 1.36. The molecule has 0 bridgehead atoms. The predicted molar refractivity (Wildman–Crippen MR) is 113 cm³/mol. The van der Waals surface area contributed by atoms with Gasteiger partial charge in [0.1, 0.15) is 23.6 Å². The Morgan fingerprint density at radius 2 is 1.83 bits per heavy atom. The molecule has 0 aliphatic rings. The van der Waals surface area contributed by atoms with Crippen LogP contribution in [0.4, 0.5) is 4.39 Å². The topological polar surface area (TPSA) is 73.6 Å². The molecule has 0 unspecified atom stereocenters. The molecule has 2 rings (SSSR count). The lowest BCUT2D eigenvalue weighted by Gasteiger charge is -2.47. The molecule has 0 saturated carbocycles. The SMILES string of the molecule is CCCC(=O)OCc1cccc([C@](O)(c2ccc(F)cc2)[C@](C#N)(CC)N(C)C)c1. The number of carbonyl (C=O) groups excluding carboxylic acids is 1. The van der Waals surface area contributed by atoms with Crippen molar-refractivity contribution in [1.82, 2.24) is 4.90 Å². The Balaban J connectivity index is 2.61. The first-order valence-corrected chi connectivity index (χ1v) is 10.1. The molecular weight excluding hydrogens is 383 g/mol. The van der Waals surface area contributed by atoms with Gasteiger partial charge in [0.15, 0.2) is 0 Å². The van der Waals surface area contributed by atoms with Gasteiger partial charge in [-0.25, -0.2) is 4.39 Å². The minimum absolute atomic E-state index is 0.0693. The summed E-state index contributed by atoms with van der Waals surface area (Å²) >= 11 is 0. The van der Waals surface area contributed by atoms with Gasteiger partial charge in [-0.1, -0.05) is 44.2 Å². The Kier molecular flexibility index (Phi) is 7.71. The van der Waals surface area contributed by atoms with Crippen molar-refractivity contribution < 1.29 is 19.0 Å². The molecule has 0 fully saturated rings. The number of likely N-dealkylation sites (N-methyl/N-ethyl adjacent to an activating group) is 1. The largest absolute Gasteiger partial charge is 0.461 e. The summed E-state index contributed by atoms with van der Waals surface area (Å²) in [5.74, 6) is -0.716. The number of ether oxygens (including phenoxy) is 1. The first-order chi connectivity index (χ1) is 14.2. The number of aliphatic hydroxyl groups is 1. The van der Waals surface area contributed by atoms with Crippen LogP contribution in [0.1, 0.15) is 49.8 Å². The van der Waals surface area contributed by atoms with Gasteiger partial charge in [-0.15, -0.1) is 0 Å². The molecule has 5 nitrogen and oxygen atoms in total. The molecule has 0 spiro atoms. The maximum atomic E-state index is 13.6. The van der Waals surface area contributed by atoms with E-state index in [1.54, 1.807) is 43.3 Å². The van der Waals surface area contributed by atoms with Crippen LogP contribution in [-0.2, 0) is 21.7 Å². The molecule has 2 atom stereocenters. The van der Waals surface area contributed by atoms with Crippen molar-refractivity contribution in [2.45, 2.75) is 50.9 Å². The van der Waals surface area contributed by atoms with Gasteiger partial charge < -0.3 is 9.84 Å². The lowest BCUT2D eigenvalue weighted by atomic mass is 9.69. The summed E-state index contributed by atoms with van der Waals surface area (Å²) in [5.41, 5.74) is -1.50. The lowest BCUT2D eigenvalue weighted by Crippen LogP contribution is -2.59. The van der Waals surface area contributed by atoms with Crippen molar-refractivity contribution >= 4 is 5.97 Å². The van der Waals surface area contributed by atoms with Crippen LogP contribution in [-0.4, -0.2) is 35.6 Å². The van der Waals surface area contributed by atoms with Crippen molar-refractivity contribution in [3.63, 3.8) is 0 Å². The average Bonchev–Trinajstić information content (AvgIpc) is 2.74. The second-order valence-electron chi connectivity index (χ2n) is 7.55. The van der Waals surface area contributed by atoms with Gasteiger partial charge in [0.05, 0.1) is 6.07 Å². The van der Waals surface area contributed by atoms with Crippen LogP contribution in [0.25, 0.3) is 0 Å². The predicted octanol–water partition coefficient (Wildman–Crippen LogP) is 4.14. The first kappa shape index (κ1) is 23.5. The van der Waals surface area contributed by atoms with Crippen molar-refractivity contribution in [3.8, 4) is 6.07 Å². The Bertz CT molecular complexity index is 907. The maximum absolute atomic E-state index is 13.6. The van der Waals surface area contributed by atoms with Crippen molar-refractivity contribution in [2.24, 2.45) is 0 Å². The second-order valence-corrected chi connectivity index (χ2v) is 7.55. The number of carbonyl (C=O) groups is 1. The van der Waals surface area contributed by atoms with Gasteiger partial charge in [0.25, 0.3) is 0 Å². The molecule has 160 valence electrons. The molecule has 0 saturated heterocycles. The van der Waals surface area contributed by atoms with E-state index < -0.39 is 17.0 Å². The molecule has 30 heavy (non-hydrogen) atoms. The summed E-state index contributed by atoms with van der Waals surface area (Å²) in [6, 6.07) is 14.8. The number of nitriles is 1. The standard InChI is InChI=1S/C24H29FN2O3/c1-5-8-22(28)30-16-18-9-7-10-20(15-18)24(29,19-11-13-21(25)14-12-19)23(6-2,17-26)27(3)4/h7,9-15,29H,5-6,8,16H2,1-4H3/t23-,24-/m1/s1. The van der Waals surface area contributed by atoms with E-state index in [1.165, 1.54) is 24.3 Å². The molecule has 0 radical (unpaired) electrons. The molecule has 1 N–H and O–H groups in total. The quantitative estimate of drug-likeness (QED) is 0.627. The Labute approximate surface area is 177 Å². The van der Waals surface area contributed by atoms with E-state index in [4.69, 9.17) is 4.74 Å². The van der Waals surface area contributed by atoms with Crippen LogP contribution in [0.2, 0.25) is 0 Å². The summed E-state index contributed by atoms with van der Waals surface area (Å²) in [7, 11) is 3.47. The number of nitrogens with zero attached hydrogens (tertiary/aromatic N) is 2. The zero-order chi connectivity index (χ0) is 22.4. The van der Waals surface area contributed by atoms with Gasteiger partial charge in [0, 0.05) is 6.42 Å². The minimum atomic E-state index is -1.75. The Morgan fingerprint density at radius 1 is 1.17 bits per heavy atom. The third kappa shape index (κ3) is 4.38. The highest BCUT2D eigenvalue weighted by molar-refractivity contribution is 5.69. The van der Waals surface area contributed by atoms with Crippen LogP contribution in [0.5, 0.6) is 0 Å². The van der Waals surface area contributed by atoms with Crippen molar-refractivity contribution in [1.29, 1.82) is 5.26 Å². The van der Waals surface area contributed by atoms with E-state index in [0.717, 1.165) is 0 Å². The Hall–Kier alpha value is -2.75. The van der Waals surface area contributed by atoms with Crippen LogP contribution in [0.15, 0.2) is 48.5 Å². The summed E-state index contributed by atoms with van der Waals surface area (Å²) in [6.45, 7) is 3.80. The van der Waals surface area contributed by atoms with Crippen LogP contribution in [0, 0.1) is 17.1 Å². The highest BCUT2D eigenvalue weighted by atomic mass is 19.1. The molecule has 0 aliphatic carbocycles. The highest BCUT2D eigenvalue weighted by Gasteiger charge is 2.54. The third-order valence-corrected chi connectivity index (χ3v) is 5.52. The number of rotatable bonds is 9. The molecule has 0 aliphatic heterocycles. The van der Waals surface area contributed by atoms with E-state index in [0.29, 0.717) is 36.0 Å². The Morgan fingerprint density at radius 3 is 2.37 bits per heavy atom. The van der Waals surface area contributed by atoms with Crippen molar-refractivity contribution in [3.05, 3.63) is 71.0 Å². The monoisotopic (exact) mass is 412 g/mol. The van der Waals surface area contributed by atoms with Gasteiger partial charge >= 0.3 is 5.97 Å². The lowest BCUT2D eigenvalue weighted by molar-refractivity contribution is -0.145. The number of esters is 1. The summed E-state index contributed by atoms with van der Waals surface area (Å²) < 4.78 is 18.9. The van der Waals surface area contributed by atoms with Gasteiger partial charge in [-0.3, -0.25) is 9.69 Å². The van der Waals surface area contributed by atoms with Gasteiger partial charge in [-0.2, -0.15) is 5.26 Å². The van der Waals surface area contributed by atoms with E-state index in [1.807, 2.05) is 13.8 Å². The first-order valence-electron chi connectivity index (χ1n) is 10.1. The smallest absolute Gasteiger partial charge is 0.306 e. The normalized spacial score (nSPS) is 15.1. The number of hydrogen-bond acceptors (Lipinski definition) is 5. The fraction of sp³-hybridized carbons (Fsp3) is 0.417. The van der Waals surface area contributed by atoms with Gasteiger partial charge in [0.2, 0.25) is 0 Å². The molecule has 2 aromatic rings. The zero-order valence-electron chi connectivity index (χ0n) is 18.0. The van der Waals surface area contributed by atoms with E-state index in [-0.39, 0.29) is 12.6 Å². The molecule has 0 heterocycles. The molecule has 0 aromatic heterocycles. The van der Waals surface area contributed by atoms with E-state index in [2.05, 4.69) is 6.07 Å². The molecule has 0 amide bonds. The van der Waals surface area contributed by atoms with Crippen LogP contribution < -0.4 is 0 Å². The third-order valence-electron chi connectivity index (χ3n) is 5.52. The van der Waals surface area contributed by atoms with Gasteiger partial charge in [-0.05, 0) is 61.8 Å². The number of hydrogen-bond donors (Lipinski definition) is 1.